The molecule has 21 heavy (non-hydrogen) atoms. The molecule has 1 aromatic rings. The van der Waals surface area contributed by atoms with E-state index in [4.69, 9.17) is 10.9 Å². The van der Waals surface area contributed by atoms with Crippen LogP contribution in [-0.2, 0) is 6.54 Å². The summed E-state index contributed by atoms with van der Waals surface area (Å²) in [6, 6.07) is 4.57. The fraction of sp³-hybridized carbons (Fsp3) is 0.533. The maximum atomic E-state index is 13.9. The molecule has 118 valence electrons. The van der Waals surface area contributed by atoms with E-state index in [1.807, 2.05) is 0 Å². The van der Waals surface area contributed by atoms with E-state index in [0.717, 1.165) is 32.6 Å². The number of nitrogens with two attached hydrogens (primary N) is 1. The number of nitrogens with one attached hydrogen (secondary N) is 1. The summed E-state index contributed by atoms with van der Waals surface area (Å²) in [6.45, 7) is 8.64. The first-order chi connectivity index (χ1) is 10.1. The van der Waals surface area contributed by atoms with Gasteiger partial charge in [0.25, 0.3) is 0 Å². The molecule has 6 heteroatoms. The summed E-state index contributed by atoms with van der Waals surface area (Å²) in [5, 5.41) is 14.7. The summed E-state index contributed by atoms with van der Waals surface area (Å²) in [4.78, 5) is 2.35. The van der Waals surface area contributed by atoms with Gasteiger partial charge in [0.05, 0.1) is 0 Å². The van der Waals surface area contributed by atoms with E-state index in [2.05, 4.69) is 29.2 Å². The van der Waals surface area contributed by atoms with Crippen LogP contribution < -0.4 is 11.1 Å². The molecule has 0 unspecified atom stereocenters. The van der Waals surface area contributed by atoms with E-state index in [0.29, 0.717) is 17.7 Å². The highest BCUT2D eigenvalue weighted by Crippen LogP contribution is 2.10. The lowest BCUT2D eigenvalue weighted by molar-refractivity contribution is 0.287. The first-order valence-corrected chi connectivity index (χ1v) is 7.31. The number of hydrogen-bond acceptors (Lipinski definition) is 4. The van der Waals surface area contributed by atoms with Gasteiger partial charge in [-0.3, -0.25) is 0 Å². The third-order valence-electron chi connectivity index (χ3n) is 3.36. The molecule has 1 rings (SSSR count). The molecule has 0 radical (unpaired) electrons. The fourth-order valence-electron chi connectivity index (χ4n) is 2.11. The predicted molar refractivity (Wildman–Crippen MR) is 83.0 cm³/mol. The Kier molecular flexibility index (Phi) is 7.71. The van der Waals surface area contributed by atoms with Crippen LogP contribution in [0.25, 0.3) is 0 Å². The van der Waals surface area contributed by atoms with E-state index >= 15 is 0 Å². The number of benzene rings is 1. The minimum absolute atomic E-state index is 0.0911. The number of likely N-dealkylation sites (N-methyl/N-ethyl adjacent to an activating group) is 1. The van der Waals surface area contributed by atoms with Gasteiger partial charge in [-0.2, -0.15) is 0 Å². The maximum absolute atomic E-state index is 13.9. The molecule has 0 aromatic heterocycles. The predicted octanol–water partition coefficient (Wildman–Crippen LogP) is 1.74. The Labute approximate surface area is 125 Å². The smallest absolute Gasteiger partial charge is 0.170 e. The van der Waals surface area contributed by atoms with Gasteiger partial charge in [-0.1, -0.05) is 31.1 Å². The highest BCUT2D eigenvalue weighted by atomic mass is 19.1. The minimum Gasteiger partial charge on any atom is -0.409 e. The van der Waals surface area contributed by atoms with Crippen LogP contribution in [0.5, 0.6) is 0 Å². The highest BCUT2D eigenvalue weighted by molar-refractivity contribution is 5.97. The van der Waals surface area contributed by atoms with Crippen molar-refractivity contribution in [3.05, 3.63) is 35.1 Å². The van der Waals surface area contributed by atoms with Crippen LogP contribution in [0.4, 0.5) is 4.39 Å². The maximum Gasteiger partial charge on any atom is 0.170 e. The van der Waals surface area contributed by atoms with E-state index in [1.165, 1.54) is 6.07 Å². The van der Waals surface area contributed by atoms with Gasteiger partial charge in [-0.25, -0.2) is 4.39 Å². The van der Waals surface area contributed by atoms with E-state index < -0.39 is 0 Å². The summed E-state index contributed by atoms with van der Waals surface area (Å²) < 4.78 is 13.9. The van der Waals surface area contributed by atoms with Crippen LogP contribution in [-0.4, -0.2) is 42.1 Å². The van der Waals surface area contributed by atoms with Crippen molar-refractivity contribution >= 4 is 5.84 Å². The molecule has 0 atom stereocenters. The van der Waals surface area contributed by atoms with E-state index in [9.17, 15) is 4.39 Å². The number of rotatable bonds is 9. The molecule has 0 fully saturated rings. The summed E-state index contributed by atoms with van der Waals surface area (Å²) in [6.07, 6.45) is 1.14. The molecule has 0 aliphatic heterocycles. The monoisotopic (exact) mass is 296 g/mol. The third kappa shape index (κ3) is 5.69. The van der Waals surface area contributed by atoms with E-state index in [1.54, 1.807) is 12.1 Å². The average molecular weight is 296 g/mol. The largest absolute Gasteiger partial charge is 0.409 e. The van der Waals surface area contributed by atoms with Gasteiger partial charge in [0.15, 0.2) is 5.84 Å². The second-order valence-electron chi connectivity index (χ2n) is 4.90. The molecular weight excluding hydrogens is 271 g/mol. The highest BCUT2D eigenvalue weighted by Gasteiger charge is 2.06. The first kappa shape index (κ1) is 17.4. The van der Waals surface area contributed by atoms with Crippen molar-refractivity contribution in [1.82, 2.24) is 10.2 Å². The van der Waals surface area contributed by atoms with Gasteiger partial charge >= 0.3 is 0 Å². The lowest BCUT2D eigenvalue weighted by Gasteiger charge is -2.19. The van der Waals surface area contributed by atoms with Crippen molar-refractivity contribution in [2.45, 2.75) is 26.8 Å². The number of nitrogens with zero attached hydrogens (tertiary/aromatic N) is 2. The van der Waals surface area contributed by atoms with Crippen LogP contribution >= 0.6 is 0 Å². The van der Waals surface area contributed by atoms with Crippen molar-refractivity contribution in [2.75, 3.05) is 26.2 Å². The van der Waals surface area contributed by atoms with Gasteiger partial charge in [-0.15, -0.1) is 0 Å². The van der Waals surface area contributed by atoms with Crippen LogP contribution in [0.15, 0.2) is 23.4 Å². The standard InChI is InChI=1S/C15H25FN4O/c1-3-8-20(4-2)9-7-18-11-13-6-5-12(10-14(13)16)15(17)19-21/h5-6,10,18,21H,3-4,7-9,11H2,1-2H3,(H2,17,19). The van der Waals surface area contributed by atoms with Crippen LogP contribution in [0.2, 0.25) is 0 Å². The third-order valence-corrected chi connectivity index (χ3v) is 3.36. The molecule has 0 aliphatic rings. The summed E-state index contributed by atoms with van der Waals surface area (Å²) in [7, 11) is 0. The van der Waals surface area contributed by atoms with Crippen molar-refractivity contribution in [1.29, 1.82) is 0 Å². The molecule has 0 heterocycles. The zero-order chi connectivity index (χ0) is 15.7. The Balaban J connectivity index is 2.46. The Hall–Kier alpha value is -1.66. The van der Waals surface area contributed by atoms with Gasteiger partial charge in [-0.05, 0) is 25.6 Å². The topological polar surface area (TPSA) is 73.9 Å². The summed E-state index contributed by atoms with van der Waals surface area (Å²) >= 11 is 0. The normalized spacial score (nSPS) is 12.1. The molecular formula is C15H25FN4O. The molecule has 5 nitrogen and oxygen atoms in total. The van der Waals surface area contributed by atoms with Crippen molar-refractivity contribution in [3.63, 3.8) is 0 Å². The molecule has 0 amide bonds. The van der Waals surface area contributed by atoms with Crippen LogP contribution in [0.3, 0.4) is 0 Å². The van der Waals surface area contributed by atoms with Gasteiger partial charge in [0.1, 0.15) is 5.82 Å². The first-order valence-electron chi connectivity index (χ1n) is 7.31. The Morgan fingerprint density at radius 3 is 2.71 bits per heavy atom. The summed E-state index contributed by atoms with van der Waals surface area (Å²) in [5.74, 6) is -0.445. The molecule has 0 saturated heterocycles. The second-order valence-corrected chi connectivity index (χ2v) is 4.90. The number of hydrogen-bond donors (Lipinski definition) is 3. The van der Waals surface area contributed by atoms with Crippen molar-refractivity contribution < 1.29 is 9.60 Å². The molecule has 4 N–H and O–H groups in total. The van der Waals surface area contributed by atoms with Gasteiger partial charge < -0.3 is 21.2 Å². The quantitative estimate of drug-likeness (QED) is 0.213. The average Bonchev–Trinajstić information content (AvgIpc) is 2.50. The second kappa shape index (κ2) is 9.31. The van der Waals surface area contributed by atoms with Gasteiger partial charge in [0.2, 0.25) is 0 Å². The molecule has 0 saturated carbocycles. The molecule has 0 aliphatic carbocycles. The Morgan fingerprint density at radius 2 is 2.14 bits per heavy atom. The number of oxime groups is 1. The van der Waals surface area contributed by atoms with Gasteiger partial charge in [0, 0.05) is 30.8 Å². The van der Waals surface area contributed by atoms with Crippen LogP contribution in [0, 0.1) is 5.82 Å². The zero-order valence-electron chi connectivity index (χ0n) is 12.8. The van der Waals surface area contributed by atoms with E-state index in [-0.39, 0.29) is 11.7 Å². The minimum atomic E-state index is -0.354. The Bertz CT molecular complexity index is 465. The molecule has 1 aromatic carbocycles. The number of halogens is 1. The van der Waals surface area contributed by atoms with Crippen molar-refractivity contribution in [3.8, 4) is 0 Å². The molecule has 0 spiro atoms. The van der Waals surface area contributed by atoms with Crippen LogP contribution in [0.1, 0.15) is 31.4 Å². The zero-order valence-corrected chi connectivity index (χ0v) is 12.8. The lowest BCUT2D eigenvalue weighted by Crippen LogP contribution is -2.32. The number of amidine groups is 1. The summed E-state index contributed by atoms with van der Waals surface area (Å²) in [5.41, 5.74) is 6.37. The Morgan fingerprint density at radius 1 is 1.38 bits per heavy atom. The molecule has 0 bridgehead atoms. The van der Waals surface area contributed by atoms with Crippen molar-refractivity contribution in [2.24, 2.45) is 10.9 Å². The lowest BCUT2D eigenvalue weighted by atomic mass is 10.1. The fourth-order valence-corrected chi connectivity index (χ4v) is 2.11. The SMILES string of the molecule is CCCN(CC)CCNCc1ccc(/C(N)=N/O)cc1F.